The number of hydrogen-bond acceptors (Lipinski definition) is 3. The van der Waals surface area contributed by atoms with Crippen LogP contribution in [-0.2, 0) is 4.79 Å². The number of carbonyl (C=O) groups excluding carboxylic acids is 2. The molecule has 1 heterocycles. The molecule has 0 saturated carbocycles. The summed E-state index contributed by atoms with van der Waals surface area (Å²) < 4.78 is 0.561. The van der Waals surface area contributed by atoms with Gasteiger partial charge in [-0.15, -0.1) is 0 Å². The maximum absolute atomic E-state index is 12.4. The van der Waals surface area contributed by atoms with Crippen molar-refractivity contribution in [2.75, 3.05) is 6.54 Å². The van der Waals surface area contributed by atoms with Crippen LogP contribution in [0.15, 0.2) is 22.7 Å². The number of halogens is 1. The molecule has 1 aliphatic rings. The minimum absolute atomic E-state index is 0.00390. The average Bonchev–Trinajstić information content (AvgIpc) is 2.79. The molecule has 1 fully saturated rings. The number of benzene rings is 1. The number of aromatic hydroxyl groups is 1. The van der Waals surface area contributed by atoms with E-state index in [2.05, 4.69) is 15.9 Å². The summed E-state index contributed by atoms with van der Waals surface area (Å²) in [6.45, 7) is 2.22. The summed E-state index contributed by atoms with van der Waals surface area (Å²) in [5.41, 5.74) is 0.455. The SMILES string of the molecule is CC(=O)CC1CCCN1C(=O)c1ccc(Br)c(O)c1. The lowest BCUT2D eigenvalue weighted by Gasteiger charge is -2.24. The number of nitrogens with zero attached hydrogens (tertiary/aromatic N) is 1. The van der Waals surface area contributed by atoms with Gasteiger partial charge < -0.3 is 10.0 Å². The average molecular weight is 326 g/mol. The number of ketones is 1. The van der Waals surface area contributed by atoms with Crippen LogP contribution in [0.5, 0.6) is 5.75 Å². The molecular weight excluding hydrogens is 310 g/mol. The van der Waals surface area contributed by atoms with E-state index in [1.54, 1.807) is 24.0 Å². The third-order valence-corrected chi connectivity index (χ3v) is 4.02. The maximum Gasteiger partial charge on any atom is 0.254 e. The lowest BCUT2D eigenvalue weighted by Crippen LogP contribution is -2.36. The Labute approximate surface area is 120 Å². The first-order valence-electron chi connectivity index (χ1n) is 6.28. The molecule has 0 spiro atoms. The number of amides is 1. The highest BCUT2D eigenvalue weighted by Crippen LogP contribution is 2.27. The van der Waals surface area contributed by atoms with E-state index in [1.807, 2.05) is 0 Å². The molecule has 1 amide bonds. The van der Waals surface area contributed by atoms with Gasteiger partial charge in [0.2, 0.25) is 0 Å². The van der Waals surface area contributed by atoms with Gasteiger partial charge in [-0.3, -0.25) is 9.59 Å². The van der Waals surface area contributed by atoms with Crippen LogP contribution in [0.4, 0.5) is 0 Å². The minimum atomic E-state index is -0.119. The summed E-state index contributed by atoms with van der Waals surface area (Å²) in [7, 11) is 0. The minimum Gasteiger partial charge on any atom is -0.507 e. The van der Waals surface area contributed by atoms with Gasteiger partial charge in [0, 0.05) is 24.6 Å². The van der Waals surface area contributed by atoms with Crippen molar-refractivity contribution in [1.29, 1.82) is 0 Å². The van der Waals surface area contributed by atoms with Gasteiger partial charge in [0.05, 0.1) is 4.47 Å². The third kappa shape index (κ3) is 3.15. The molecular formula is C14H16BrNO3. The van der Waals surface area contributed by atoms with Crippen LogP contribution >= 0.6 is 15.9 Å². The zero-order valence-electron chi connectivity index (χ0n) is 10.7. The smallest absolute Gasteiger partial charge is 0.254 e. The second-order valence-electron chi connectivity index (χ2n) is 4.87. The Morgan fingerprint density at radius 2 is 2.21 bits per heavy atom. The molecule has 4 nitrogen and oxygen atoms in total. The van der Waals surface area contributed by atoms with Gasteiger partial charge in [0.25, 0.3) is 5.91 Å². The topological polar surface area (TPSA) is 57.6 Å². The normalized spacial score (nSPS) is 18.6. The molecule has 0 aliphatic carbocycles. The summed E-state index contributed by atoms with van der Waals surface area (Å²) in [4.78, 5) is 25.3. The molecule has 5 heteroatoms. The zero-order chi connectivity index (χ0) is 14.0. The molecule has 2 rings (SSSR count). The second kappa shape index (κ2) is 5.74. The Bertz CT molecular complexity index is 515. The molecule has 0 bridgehead atoms. The molecule has 1 atom stereocenters. The summed E-state index contributed by atoms with van der Waals surface area (Å²) in [5.74, 6) is 0.0306. The van der Waals surface area contributed by atoms with Crippen LogP contribution in [0.25, 0.3) is 0 Å². The number of phenols is 1. The highest BCUT2D eigenvalue weighted by atomic mass is 79.9. The predicted molar refractivity (Wildman–Crippen MR) is 75.2 cm³/mol. The third-order valence-electron chi connectivity index (χ3n) is 3.35. The van der Waals surface area contributed by atoms with Crippen LogP contribution < -0.4 is 0 Å². The molecule has 19 heavy (non-hydrogen) atoms. The first-order chi connectivity index (χ1) is 8.99. The van der Waals surface area contributed by atoms with E-state index in [-0.39, 0.29) is 23.5 Å². The fourth-order valence-electron chi connectivity index (χ4n) is 2.46. The van der Waals surface area contributed by atoms with E-state index in [1.165, 1.54) is 6.07 Å². The Kier molecular flexibility index (Phi) is 4.24. The van der Waals surface area contributed by atoms with E-state index in [4.69, 9.17) is 0 Å². The molecule has 1 saturated heterocycles. The molecule has 0 radical (unpaired) electrons. The highest BCUT2D eigenvalue weighted by molar-refractivity contribution is 9.10. The zero-order valence-corrected chi connectivity index (χ0v) is 12.3. The molecule has 1 aromatic rings. The summed E-state index contributed by atoms with van der Waals surface area (Å²) in [5, 5.41) is 9.63. The van der Waals surface area contributed by atoms with Gasteiger partial charge in [-0.25, -0.2) is 0 Å². The molecule has 1 N–H and O–H groups in total. The Morgan fingerprint density at radius 3 is 2.84 bits per heavy atom. The van der Waals surface area contributed by atoms with Crippen molar-refractivity contribution in [2.45, 2.75) is 32.2 Å². The summed E-state index contributed by atoms with van der Waals surface area (Å²) in [6, 6.07) is 4.78. The number of carbonyl (C=O) groups is 2. The molecule has 0 aromatic heterocycles. The highest BCUT2D eigenvalue weighted by Gasteiger charge is 2.30. The van der Waals surface area contributed by atoms with Crippen molar-refractivity contribution >= 4 is 27.6 Å². The lowest BCUT2D eigenvalue weighted by molar-refractivity contribution is -0.117. The quantitative estimate of drug-likeness (QED) is 0.929. The fourth-order valence-corrected chi connectivity index (χ4v) is 2.71. The van der Waals surface area contributed by atoms with E-state index >= 15 is 0 Å². The van der Waals surface area contributed by atoms with Gasteiger partial charge >= 0.3 is 0 Å². The van der Waals surface area contributed by atoms with Crippen LogP contribution in [-0.4, -0.2) is 34.3 Å². The van der Waals surface area contributed by atoms with Gasteiger partial charge in [-0.1, -0.05) is 0 Å². The maximum atomic E-state index is 12.4. The Morgan fingerprint density at radius 1 is 1.47 bits per heavy atom. The number of likely N-dealkylation sites (tertiary alicyclic amines) is 1. The van der Waals surface area contributed by atoms with Gasteiger partial charge in [0.15, 0.2) is 0 Å². The summed E-state index contributed by atoms with van der Waals surface area (Å²) in [6.07, 6.45) is 2.20. The number of Topliss-reactive ketones (excluding diaryl/α,β-unsaturated/α-hetero) is 1. The standard InChI is InChI=1S/C14H16BrNO3/c1-9(17)7-11-3-2-6-16(11)14(19)10-4-5-12(15)13(18)8-10/h4-5,8,11,18H,2-3,6-7H2,1H3. The molecule has 1 aliphatic heterocycles. The van der Waals surface area contributed by atoms with Gasteiger partial charge in [0.1, 0.15) is 11.5 Å². The van der Waals surface area contributed by atoms with Crippen molar-refractivity contribution in [3.05, 3.63) is 28.2 Å². The monoisotopic (exact) mass is 325 g/mol. The van der Waals surface area contributed by atoms with Crippen LogP contribution in [0.1, 0.15) is 36.5 Å². The van der Waals surface area contributed by atoms with Crippen molar-refractivity contribution < 1.29 is 14.7 Å². The Balaban J connectivity index is 2.18. The summed E-state index contributed by atoms with van der Waals surface area (Å²) >= 11 is 3.19. The van der Waals surface area contributed by atoms with E-state index < -0.39 is 0 Å². The number of phenolic OH excluding ortho intramolecular Hbond substituents is 1. The second-order valence-corrected chi connectivity index (χ2v) is 5.72. The van der Waals surface area contributed by atoms with Crippen molar-refractivity contribution in [3.8, 4) is 5.75 Å². The van der Waals surface area contributed by atoms with Crippen molar-refractivity contribution in [2.24, 2.45) is 0 Å². The largest absolute Gasteiger partial charge is 0.507 e. The predicted octanol–water partition coefficient (Wildman–Crippen LogP) is 2.74. The van der Waals surface area contributed by atoms with Gasteiger partial charge in [-0.2, -0.15) is 0 Å². The van der Waals surface area contributed by atoms with E-state index in [0.717, 1.165) is 12.8 Å². The van der Waals surface area contributed by atoms with Crippen molar-refractivity contribution in [1.82, 2.24) is 4.90 Å². The van der Waals surface area contributed by atoms with Crippen LogP contribution in [0.3, 0.4) is 0 Å². The van der Waals surface area contributed by atoms with Crippen LogP contribution in [0.2, 0.25) is 0 Å². The van der Waals surface area contributed by atoms with Crippen molar-refractivity contribution in [3.63, 3.8) is 0 Å². The molecule has 1 aromatic carbocycles. The fraction of sp³-hybridized carbons (Fsp3) is 0.429. The van der Waals surface area contributed by atoms with E-state index in [0.29, 0.717) is 23.0 Å². The molecule has 102 valence electrons. The van der Waals surface area contributed by atoms with Gasteiger partial charge in [-0.05, 0) is 53.9 Å². The van der Waals surface area contributed by atoms with E-state index in [9.17, 15) is 14.7 Å². The molecule has 1 unspecified atom stereocenters. The first-order valence-corrected chi connectivity index (χ1v) is 7.07. The van der Waals surface area contributed by atoms with Crippen LogP contribution in [0, 0.1) is 0 Å². The Hall–Kier alpha value is -1.36. The first kappa shape index (κ1) is 14.1. The lowest BCUT2D eigenvalue weighted by atomic mass is 10.1. The number of hydrogen-bond donors (Lipinski definition) is 1. The number of rotatable bonds is 3.